The highest BCUT2D eigenvalue weighted by molar-refractivity contribution is 9.10. The molecule has 0 bridgehead atoms. The van der Waals surface area contributed by atoms with E-state index in [0.29, 0.717) is 17.2 Å². The number of carbonyl (C=O) groups excluding carboxylic acids is 1. The molecule has 1 aliphatic heterocycles. The Morgan fingerprint density at radius 3 is 2.41 bits per heavy atom. The van der Waals surface area contributed by atoms with Crippen LogP contribution in [0.2, 0.25) is 0 Å². The fourth-order valence-electron chi connectivity index (χ4n) is 3.04. The van der Waals surface area contributed by atoms with Gasteiger partial charge in [-0.15, -0.1) is 0 Å². The highest BCUT2D eigenvalue weighted by atomic mass is 79.9. The molecule has 3 rings (SSSR count). The predicted octanol–water partition coefficient (Wildman–Crippen LogP) is 4.05. The van der Waals surface area contributed by atoms with Gasteiger partial charge in [0.05, 0.1) is 5.56 Å². The van der Waals surface area contributed by atoms with Gasteiger partial charge in [-0.05, 0) is 42.5 Å². The molecule has 0 aliphatic carbocycles. The Morgan fingerprint density at radius 1 is 1.09 bits per heavy atom. The molecule has 1 heterocycles. The number of halogens is 1. The molecule has 0 spiro atoms. The standard InChI is InChI=1S/C18H19BrN2O/c19-15-6-7-16(17(20)12-15)18(22)21-10-8-14(9-11-21)13-4-2-1-3-5-13/h1-7,12,14H,8-11,20H2. The summed E-state index contributed by atoms with van der Waals surface area (Å²) in [4.78, 5) is 14.5. The van der Waals surface area contributed by atoms with Crippen molar-refractivity contribution in [3.8, 4) is 0 Å². The first-order valence-corrected chi connectivity index (χ1v) is 8.33. The summed E-state index contributed by atoms with van der Waals surface area (Å²) in [6.45, 7) is 1.57. The predicted molar refractivity (Wildman–Crippen MR) is 92.9 cm³/mol. The van der Waals surface area contributed by atoms with E-state index < -0.39 is 0 Å². The van der Waals surface area contributed by atoms with Gasteiger partial charge in [-0.25, -0.2) is 0 Å². The fraction of sp³-hybridized carbons (Fsp3) is 0.278. The number of hydrogen-bond acceptors (Lipinski definition) is 2. The maximum atomic E-state index is 12.6. The number of carbonyl (C=O) groups is 1. The van der Waals surface area contributed by atoms with Gasteiger partial charge >= 0.3 is 0 Å². The Bertz CT molecular complexity index is 664. The number of nitrogens with two attached hydrogens (primary N) is 1. The summed E-state index contributed by atoms with van der Waals surface area (Å²) in [6, 6.07) is 16.0. The third-order valence-electron chi connectivity index (χ3n) is 4.30. The van der Waals surface area contributed by atoms with Gasteiger partial charge in [0.15, 0.2) is 0 Å². The minimum absolute atomic E-state index is 0.0384. The summed E-state index contributed by atoms with van der Waals surface area (Å²) in [6.07, 6.45) is 2.01. The molecule has 114 valence electrons. The fourth-order valence-corrected chi connectivity index (χ4v) is 3.42. The van der Waals surface area contributed by atoms with E-state index in [1.165, 1.54) is 5.56 Å². The number of anilines is 1. The van der Waals surface area contributed by atoms with Gasteiger partial charge in [0.25, 0.3) is 5.91 Å². The van der Waals surface area contributed by atoms with Crippen LogP contribution in [0.1, 0.15) is 34.7 Å². The normalized spacial score (nSPS) is 15.8. The van der Waals surface area contributed by atoms with E-state index in [-0.39, 0.29) is 5.91 Å². The molecule has 0 unspecified atom stereocenters. The van der Waals surface area contributed by atoms with Crippen LogP contribution >= 0.6 is 15.9 Å². The lowest BCUT2D eigenvalue weighted by molar-refractivity contribution is 0.0714. The Balaban J connectivity index is 1.67. The molecular weight excluding hydrogens is 340 g/mol. The van der Waals surface area contributed by atoms with Crippen LogP contribution in [0.5, 0.6) is 0 Å². The maximum Gasteiger partial charge on any atom is 0.255 e. The first-order valence-electron chi connectivity index (χ1n) is 7.54. The molecule has 1 amide bonds. The number of rotatable bonds is 2. The monoisotopic (exact) mass is 358 g/mol. The topological polar surface area (TPSA) is 46.3 Å². The smallest absolute Gasteiger partial charge is 0.255 e. The maximum absolute atomic E-state index is 12.6. The van der Waals surface area contributed by atoms with Crippen LogP contribution in [-0.2, 0) is 0 Å². The van der Waals surface area contributed by atoms with Crippen molar-refractivity contribution in [3.05, 3.63) is 64.1 Å². The van der Waals surface area contributed by atoms with Crippen LogP contribution in [0, 0.1) is 0 Å². The van der Waals surface area contributed by atoms with E-state index in [4.69, 9.17) is 5.73 Å². The number of hydrogen-bond donors (Lipinski definition) is 1. The van der Waals surface area contributed by atoms with Gasteiger partial charge < -0.3 is 10.6 Å². The number of piperidine rings is 1. The molecule has 22 heavy (non-hydrogen) atoms. The van der Waals surface area contributed by atoms with Crippen LogP contribution < -0.4 is 5.73 Å². The molecule has 0 aromatic heterocycles. The van der Waals surface area contributed by atoms with E-state index in [9.17, 15) is 4.79 Å². The van der Waals surface area contributed by atoms with Crippen molar-refractivity contribution in [2.24, 2.45) is 0 Å². The summed E-state index contributed by atoms with van der Waals surface area (Å²) in [5, 5.41) is 0. The molecule has 0 atom stereocenters. The zero-order chi connectivity index (χ0) is 15.5. The molecule has 2 N–H and O–H groups in total. The van der Waals surface area contributed by atoms with Crippen LogP contribution in [0.25, 0.3) is 0 Å². The van der Waals surface area contributed by atoms with Crippen LogP contribution in [0.3, 0.4) is 0 Å². The Morgan fingerprint density at radius 2 is 1.77 bits per heavy atom. The van der Waals surface area contributed by atoms with E-state index in [1.54, 1.807) is 12.1 Å². The molecule has 0 radical (unpaired) electrons. The van der Waals surface area contributed by atoms with E-state index >= 15 is 0 Å². The molecule has 2 aromatic carbocycles. The van der Waals surface area contributed by atoms with E-state index in [1.807, 2.05) is 17.0 Å². The number of amides is 1. The highest BCUT2D eigenvalue weighted by Crippen LogP contribution is 2.29. The van der Waals surface area contributed by atoms with Crippen molar-refractivity contribution >= 4 is 27.5 Å². The largest absolute Gasteiger partial charge is 0.398 e. The SMILES string of the molecule is Nc1cc(Br)ccc1C(=O)N1CCC(c2ccccc2)CC1. The third kappa shape index (κ3) is 3.17. The zero-order valence-corrected chi connectivity index (χ0v) is 13.9. The highest BCUT2D eigenvalue weighted by Gasteiger charge is 2.25. The van der Waals surface area contributed by atoms with Crippen molar-refractivity contribution in [1.82, 2.24) is 4.90 Å². The van der Waals surface area contributed by atoms with Gasteiger partial charge in [-0.1, -0.05) is 46.3 Å². The molecular formula is C18H19BrN2O. The lowest BCUT2D eigenvalue weighted by atomic mass is 9.89. The number of benzene rings is 2. The zero-order valence-electron chi connectivity index (χ0n) is 12.3. The summed E-state index contributed by atoms with van der Waals surface area (Å²) in [5.74, 6) is 0.587. The first kappa shape index (κ1) is 15.1. The third-order valence-corrected chi connectivity index (χ3v) is 4.79. The van der Waals surface area contributed by atoms with Gasteiger partial charge in [0.1, 0.15) is 0 Å². The second kappa shape index (κ2) is 6.53. The summed E-state index contributed by atoms with van der Waals surface area (Å²) >= 11 is 3.37. The van der Waals surface area contributed by atoms with Crippen molar-refractivity contribution in [3.63, 3.8) is 0 Å². The lowest BCUT2D eigenvalue weighted by Crippen LogP contribution is -2.38. The molecule has 1 saturated heterocycles. The van der Waals surface area contributed by atoms with Gasteiger partial charge in [-0.3, -0.25) is 4.79 Å². The first-order chi connectivity index (χ1) is 10.6. The second-order valence-electron chi connectivity index (χ2n) is 5.71. The second-order valence-corrected chi connectivity index (χ2v) is 6.62. The summed E-state index contributed by atoms with van der Waals surface area (Å²) in [7, 11) is 0. The molecule has 1 aliphatic rings. The van der Waals surface area contributed by atoms with Crippen molar-refractivity contribution in [1.29, 1.82) is 0 Å². The van der Waals surface area contributed by atoms with Crippen molar-refractivity contribution in [2.75, 3.05) is 18.8 Å². The molecule has 3 nitrogen and oxygen atoms in total. The minimum Gasteiger partial charge on any atom is -0.398 e. The Hall–Kier alpha value is -1.81. The van der Waals surface area contributed by atoms with Gasteiger partial charge in [-0.2, -0.15) is 0 Å². The van der Waals surface area contributed by atoms with E-state index in [0.717, 1.165) is 30.4 Å². The van der Waals surface area contributed by atoms with Crippen LogP contribution in [0.15, 0.2) is 53.0 Å². The number of nitrogen functional groups attached to an aromatic ring is 1. The van der Waals surface area contributed by atoms with Crippen molar-refractivity contribution < 1.29 is 4.79 Å². The quantitative estimate of drug-likeness (QED) is 0.823. The molecule has 0 saturated carbocycles. The average molecular weight is 359 g/mol. The minimum atomic E-state index is 0.0384. The van der Waals surface area contributed by atoms with Crippen LogP contribution in [0.4, 0.5) is 5.69 Å². The van der Waals surface area contributed by atoms with Gasteiger partial charge in [0.2, 0.25) is 0 Å². The number of nitrogens with zero attached hydrogens (tertiary/aromatic N) is 1. The van der Waals surface area contributed by atoms with E-state index in [2.05, 4.69) is 40.2 Å². The molecule has 4 heteroatoms. The summed E-state index contributed by atoms with van der Waals surface area (Å²) < 4.78 is 0.893. The van der Waals surface area contributed by atoms with Crippen LogP contribution in [-0.4, -0.2) is 23.9 Å². The summed E-state index contributed by atoms with van der Waals surface area (Å²) in [5.41, 5.74) is 8.47. The average Bonchev–Trinajstić information content (AvgIpc) is 2.55. The van der Waals surface area contributed by atoms with Gasteiger partial charge in [0, 0.05) is 23.2 Å². The Kier molecular flexibility index (Phi) is 4.48. The lowest BCUT2D eigenvalue weighted by Gasteiger charge is -2.32. The van der Waals surface area contributed by atoms with Crippen molar-refractivity contribution in [2.45, 2.75) is 18.8 Å². The number of likely N-dealkylation sites (tertiary alicyclic amines) is 1. The Labute approximate surface area is 139 Å². The molecule has 2 aromatic rings. The molecule has 1 fully saturated rings.